The monoisotopic (exact) mass is 372 g/mol. The zero-order valence-electron chi connectivity index (χ0n) is 17.3. The van der Waals surface area contributed by atoms with E-state index < -0.39 is 0 Å². The Hall–Kier alpha value is -2.34. The van der Waals surface area contributed by atoms with Gasteiger partial charge in [-0.3, -0.25) is 9.88 Å². The summed E-state index contributed by atoms with van der Waals surface area (Å²) >= 11 is 0. The molecule has 0 aliphatic heterocycles. The predicted octanol–water partition coefficient (Wildman–Crippen LogP) is 3.50. The molecule has 2 amide bonds. The number of urea groups is 1. The molecule has 0 aliphatic rings. The first-order valence-electron chi connectivity index (χ1n) is 9.50. The lowest BCUT2D eigenvalue weighted by molar-refractivity contribution is 0.170. The molecule has 2 rings (SSSR count). The van der Waals surface area contributed by atoms with Crippen molar-refractivity contribution < 1.29 is 9.53 Å². The maximum absolute atomic E-state index is 12.5. The van der Waals surface area contributed by atoms with E-state index >= 15 is 0 Å². The van der Waals surface area contributed by atoms with Crippen LogP contribution in [0.5, 0.6) is 5.75 Å². The van der Waals surface area contributed by atoms with E-state index in [2.05, 4.69) is 42.9 Å². The van der Waals surface area contributed by atoms with Gasteiger partial charge in [0.25, 0.3) is 0 Å². The van der Waals surface area contributed by atoms with E-state index in [1.807, 2.05) is 31.3 Å². The van der Waals surface area contributed by atoms with Crippen LogP contribution in [0.3, 0.4) is 0 Å². The number of hydrogen-bond donors (Lipinski definition) is 1. The fourth-order valence-electron chi connectivity index (χ4n) is 3.38. The predicted molar refractivity (Wildman–Crippen MR) is 110 cm³/mol. The van der Waals surface area contributed by atoms with E-state index in [1.54, 1.807) is 18.2 Å². The molecule has 0 atom stereocenters. The topological polar surface area (TPSA) is 57.7 Å². The van der Waals surface area contributed by atoms with Gasteiger partial charge in [0.05, 0.1) is 7.11 Å². The van der Waals surface area contributed by atoms with Crippen molar-refractivity contribution in [3.8, 4) is 5.75 Å². The molecule has 1 aromatic heterocycles. The zero-order valence-corrected chi connectivity index (χ0v) is 17.3. The number of rotatable bonds is 8. The Kier molecular flexibility index (Phi) is 7.42. The Morgan fingerprint density at radius 2 is 1.89 bits per heavy atom. The fraction of sp³-hybridized carbons (Fsp3) is 0.524. The summed E-state index contributed by atoms with van der Waals surface area (Å²) in [5, 5.41) is 4.02. The van der Waals surface area contributed by atoms with Gasteiger partial charge in [0.15, 0.2) is 0 Å². The maximum atomic E-state index is 12.5. The molecule has 0 radical (unpaired) electrons. The van der Waals surface area contributed by atoms with Gasteiger partial charge in [0.1, 0.15) is 11.3 Å². The van der Waals surface area contributed by atoms with Crippen molar-refractivity contribution in [1.82, 2.24) is 20.1 Å². The summed E-state index contributed by atoms with van der Waals surface area (Å²) in [6, 6.07) is 8.64. The van der Waals surface area contributed by atoms with Crippen LogP contribution in [-0.4, -0.2) is 60.1 Å². The summed E-state index contributed by atoms with van der Waals surface area (Å²) in [5.41, 5.74) is 1.86. The van der Waals surface area contributed by atoms with Crippen molar-refractivity contribution in [1.29, 1.82) is 0 Å². The number of fused-ring (bicyclic) bond motifs is 1. The number of methoxy groups -OCH3 is 1. The molecule has 0 spiro atoms. The quantitative estimate of drug-likeness (QED) is 0.770. The largest absolute Gasteiger partial charge is 0.494 e. The first-order chi connectivity index (χ1) is 12.8. The Morgan fingerprint density at radius 3 is 2.52 bits per heavy atom. The van der Waals surface area contributed by atoms with Crippen molar-refractivity contribution >= 4 is 16.9 Å². The van der Waals surface area contributed by atoms with Gasteiger partial charge in [-0.05, 0) is 45.4 Å². The fourth-order valence-corrected chi connectivity index (χ4v) is 3.38. The third kappa shape index (κ3) is 5.32. The van der Waals surface area contributed by atoms with Crippen LogP contribution < -0.4 is 10.1 Å². The van der Waals surface area contributed by atoms with E-state index in [9.17, 15) is 4.79 Å². The highest BCUT2D eigenvalue weighted by Gasteiger charge is 2.15. The van der Waals surface area contributed by atoms with Crippen molar-refractivity contribution in [3.05, 3.63) is 36.0 Å². The molecule has 0 aliphatic carbocycles. The molecule has 0 bridgehead atoms. The number of carbonyl (C=O) groups is 1. The molecule has 148 valence electrons. The van der Waals surface area contributed by atoms with Gasteiger partial charge in [0.2, 0.25) is 0 Å². The molecular formula is C21H32N4O2. The molecule has 27 heavy (non-hydrogen) atoms. The third-order valence-corrected chi connectivity index (χ3v) is 4.77. The maximum Gasteiger partial charge on any atom is 0.317 e. The third-order valence-electron chi connectivity index (χ3n) is 4.77. The molecule has 0 saturated carbocycles. The van der Waals surface area contributed by atoms with Crippen LogP contribution in [0.25, 0.3) is 10.9 Å². The molecule has 0 fully saturated rings. The van der Waals surface area contributed by atoms with E-state index in [4.69, 9.17) is 4.74 Å². The molecule has 1 heterocycles. The van der Waals surface area contributed by atoms with Crippen molar-refractivity contribution in [2.75, 3.05) is 27.2 Å². The van der Waals surface area contributed by atoms with Crippen LogP contribution in [0.2, 0.25) is 0 Å². The van der Waals surface area contributed by atoms with Crippen LogP contribution in [0.4, 0.5) is 4.79 Å². The number of nitrogens with one attached hydrogen (secondary N) is 1. The van der Waals surface area contributed by atoms with Crippen LogP contribution in [-0.2, 0) is 6.54 Å². The minimum atomic E-state index is -0.0738. The lowest BCUT2D eigenvalue weighted by atomic mass is 10.1. The highest BCUT2D eigenvalue weighted by Crippen LogP contribution is 2.27. The lowest BCUT2D eigenvalue weighted by Crippen LogP contribution is -2.44. The molecule has 0 saturated heterocycles. The Balaban J connectivity index is 2.00. The van der Waals surface area contributed by atoms with Gasteiger partial charge in [-0.15, -0.1) is 0 Å². The molecule has 2 aromatic rings. The SMILES string of the molecule is COc1ccc(CN(C)C(=O)NCCN(C(C)C)C(C)C)c2cccnc12. The summed E-state index contributed by atoms with van der Waals surface area (Å²) in [6.45, 7) is 10.7. The number of nitrogens with zero attached hydrogens (tertiary/aromatic N) is 3. The second kappa shape index (κ2) is 9.55. The summed E-state index contributed by atoms with van der Waals surface area (Å²) < 4.78 is 5.39. The summed E-state index contributed by atoms with van der Waals surface area (Å²) in [6.07, 6.45) is 1.75. The summed E-state index contributed by atoms with van der Waals surface area (Å²) in [7, 11) is 3.45. The van der Waals surface area contributed by atoms with E-state index in [-0.39, 0.29) is 6.03 Å². The zero-order chi connectivity index (χ0) is 20.0. The van der Waals surface area contributed by atoms with Crippen LogP contribution in [0.1, 0.15) is 33.3 Å². The standard InChI is InChI=1S/C21H32N4O2/c1-15(2)25(16(3)4)13-12-23-21(26)24(5)14-17-9-10-19(27-6)20-18(17)8-7-11-22-20/h7-11,15-16H,12-14H2,1-6H3,(H,23,26). The van der Waals surface area contributed by atoms with Gasteiger partial charge >= 0.3 is 6.03 Å². The van der Waals surface area contributed by atoms with Crippen LogP contribution >= 0.6 is 0 Å². The van der Waals surface area contributed by atoms with Crippen molar-refractivity contribution in [2.24, 2.45) is 0 Å². The van der Waals surface area contributed by atoms with E-state index in [0.717, 1.165) is 28.8 Å². The summed E-state index contributed by atoms with van der Waals surface area (Å²) in [5.74, 6) is 0.740. The first kappa shape index (κ1) is 21.0. The second-order valence-electron chi connectivity index (χ2n) is 7.34. The lowest BCUT2D eigenvalue weighted by Gasteiger charge is -2.30. The summed E-state index contributed by atoms with van der Waals surface area (Å²) in [4.78, 5) is 21.0. The minimum Gasteiger partial charge on any atom is -0.494 e. The Bertz CT molecular complexity index is 753. The highest BCUT2D eigenvalue weighted by atomic mass is 16.5. The van der Waals surface area contributed by atoms with Gasteiger partial charge in [0, 0.05) is 50.3 Å². The normalized spacial score (nSPS) is 11.4. The number of benzene rings is 1. The number of amides is 2. The molecule has 1 aromatic carbocycles. The Morgan fingerprint density at radius 1 is 1.19 bits per heavy atom. The van der Waals surface area contributed by atoms with Gasteiger partial charge in [-0.2, -0.15) is 0 Å². The van der Waals surface area contributed by atoms with E-state index in [1.165, 1.54) is 0 Å². The number of pyridine rings is 1. The average molecular weight is 373 g/mol. The average Bonchev–Trinajstić information content (AvgIpc) is 2.64. The molecule has 6 nitrogen and oxygen atoms in total. The number of carbonyl (C=O) groups excluding carboxylic acids is 1. The molecule has 0 unspecified atom stereocenters. The Labute approximate surface area is 162 Å². The van der Waals surface area contributed by atoms with Crippen LogP contribution in [0, 0.1) is 0 Å². The molecule has 6 heteroatoms. The van der Waals surface area contributed by atoms with Gasteiger partial charge in [-0.25, -0.2) is 4.79 Å². The highest BCUT2D eigenvalue weighted by molar-refractivity contribution is 5.87. The first-order valence-corrected chi connectivity index (χ1v) is 9.50. The van der Waals surface area contributed by atoms with E-state index in [0.29, 0.717) is 25.2 Å². The number of hydrogen-bond acceptors (Lipinski definition) is 4. The van der Waals surface area contributed by atoms with Crippen molar-refractivity contribution in [2.45, 2.75) is 46.3 Å². The number of aromatic nitrogens is 1. The van der Waals surface area contributed by atoms with Crippen molar-refractivity contribution in [3.63, 3.8) is 0 Å². The minimum absolute atomic E-state index is 0.0738. The van der Waals surface area contributed by atoms with Gasteiger partial charge in [-0.1, -0.05) is 12.1 Å². The number of ether oxygens (including phenoxy) is 1. The molecule has 1 N–H and O–H groups in total. The van der Waals surface area contributed by atoms with Crippen LogP contribution in [0.15, 0.2) is 30.5 Å². The second-order valence-corrected chi connectivity index (χ2v) is 7.34. The van der Waals surface area contributed by atoms with Gasteiger partial charge < -0.3 is 15.0 Å². The molecular weight excluding hydrogens is 340 g/mol. The smallest absolute Gasteiger partial charge is 0.317 e.